The summed E-state index contributed by atoms with van der Waals surface area (Å²) in [5, 5.41) is 18.4. The molecule has 2 bridgehead atoms. The summed E-state index contributed by atoms with van der Waals surface area (Å²) < 4.78 is 57.0. The first-order valence-corrected chi connectivity index (χ1v) is 14.3. The maximum absolute atomic E-state index is 15.0. The maximum Gasteiger partial charge on any atom is 0.418 e. The maximum atomic E-state index is 15.0. The molecular formula is C32H26F4N6O2. The normalized spacial score (nSPS) is 26.4. The minimum atomic E-state index is -4.64. The highest BCUT2D eigenvalue weighted by atomic mass is 19.4. The van der Waals surface area contributed by atoms with Gasteiger partial charge in [0, 0.05) is 36.1 Å². The summed E-state index contributed by atoms with van der Waals surface area (Å²) in [7, 11) is 0. The second-order valence-corrected chi connectivity index (χ2v) is 11.8. The van der Waals surface area contributed by atoms with Crippen LogP contribution in [0.15, 0.2) is 73.3 Å². The molecule has 2 aromatic heterocycles. The number of nitrogens with one attached hydrogen (secondary N) is 1. The molecule has 1 aliphatic heterocycles. The molecule has 2 amide bonds. The summed E-state index contributed by atoms with van der Waals surface area (Å²) in [4.78, 5) is 33.6. The Balaban J connectivity index is 1.21. The van der Waals surface area contributed by atoms with Crippen molar-refractivity contribution in [3.63, 3.8) is 0 Å². The summed E-state index contributed by atoms with van der Waals surface area (Å²) in [5.74, 6) is -2.11. The van der Waals surface area contributed by atoms with E-state index in [9.17, 15) is 28.0 Å². The van der Waals surface area contributed by atoms with Gasteiger partial charge in [-0.25, -0.2) is 9.07 Å². The second kappa shape index (κ2) is 10.4. The van der Waals surface area contributed by atoms with Crippen molar-refractivity contribution in [2.45, 2.75) is 37.3 Å². The number of benzene rings is 2. The first-order chi connectivity index (χ1) is 21.2. The Bertz CT molecular complexity index is 1810. The number of hydrogen-bond acceptors (Lipinski definition) is 5. The lowest BCUT2D eigenvalue weighted by atomic mass is 9.77. The molecule has 0 radical (unpaired) electrons. The molecule has 2 aliphatic carbocycles. The Hall–Kier alpha value is -4.79. The van der Waals surface area contributed by atoms with Crippen LogP contribution in [0.5, 0.6) is 0 Å². The summed E-state index contributed by atoms with van der Waals surface area (Å²) in [6, 6.07) is 12.2. The van der Waals surface area contributed by atoms with Gasteiger partial charge in [0.25, 0.3) is 5.91 Å². The molecule has 7 atom stereocenters. The molecule has 2 saturated carbocycles. The van der Waals surface area contributed by atoms with Crippen molar-refractivity contribution in [1.29, 1.82) is 5.26 Å². The molecule has 224 valence electrons. The topological polar surface area (TPSA) is 104 Å². The number of likely N-dealkylation sites (tertiary alicyclic amines) is 1. The number of fused-ring (bicyclic) bond motifs is 6. The first-order valence-electron chi connectivity index (χ1n) is 14.3. The number of nitrogens with zero attached hydrogens (tertiary/aromatic N) is 5. The van der Waals surface area contributed by atoms with Crippen molar-refractivity contribution in [2.24, 2.45) is 23.7 Å². The summed E-state index contributed by atoms with van der Waals surface area (Å²) in [6.45, 7) is 0.201. The van der Waals surface area contributed by atoms with Crippen LogP contribution in [0.2, 0.25) is 0 Å². The second-order valence-electron chi connectivity index (χ2n) is 11.8. The van der Waals surface area contributed by atoms with Crippen LogP contribution in [0.3, 0.4) is 0 Å². The molecular weight excluding hydrogens is 576 g/mol. The predicted molar refractivity (Wildman–Crippen MR) is 150 cm³/mol. The minimum absolute atomic E-state index is 0.000942. The molecule has 4 aromatic rings. The van der Waals surface area contributed by atoms with E-state index in [-0.39, 0.29) is 29.6 Å². The molecule has 44 heavy (non-hydrogen) atoms. The van der Waals surface area contributed by atoms with Crippen molar-refractivity contribution in [3.05, 3.63) is 90.0 Å². The molecule has 3 fully saturated rings. The third-order valence-electron chi connectivity index (χ3n) is 9.51. The SMILES string of the molecule is N#CC(NC(=O)C1[C@@H]2[C@H](CN1C(=O)c1cnn(-c3ccccc3C(F)(F)F)c1)[C@H]1C[C@@H]2[C@H](F)C1)c1cncc2ccccc12. The number of hydrogen-bond donors (Lipinski definition) is 1. The van der Waals surface area contributed by atoms with E-state index < -0.39 is 53.6 Å². The minimum Gasteiger partial charge on any atom is -0.335 e. The Labute approximate surface area is 249 Å². The number of amides is 2. The number of halogens is 4. The van der Waals surface area contributed by atoms with Gasteiger partial charge in [0.05, 0.1) is 29.1 Å². The highest BCUT2D eigenvalue weighted by molar-refractivity contribution is 5.98. The van der Waals surface area contributed by atoms with Crippen LogP contribution in [0.1, 0.15) is 40.4 Å². The van der Waals surface area contributed by atoms with E-state index in [1.54, 1.807) is 6.20 Å². The van der Waals surface area contributed by atoms with Crippen LogP contribution in [0, 0.1) is 35.0 Å². The van der Waals surface area contributed by atoms with Crippen LogP contribution in [0.4, 0.5) is 17.6 Å². The standard InChI is InChI=1S/C32H26F4N6O2/c33-25-10-18-9-21(25)28-23(18)16-41(31(44)19-13-39-42(15-19)27-8-4-3-7-24(27)32(34,35)36)29(28)30(43)40-26(11-37)22-14-38-12-17-5-1-2-6-20(17)22/h1-8,12-15,18,21,23,25-26,28-29H,9-10,16H2,(H,40,43)/t18-,21+,23+,25+,26?,28-,29?/m0/s1. The first kappa shape index (κ1) is 28.0. The lowest BCUT2D eigenvalue weighted by Crippen LogP contribution is -2.51. The van der Waals surface area contributed by atoms with E-state index in [2.05, 4.69) is 21.5 Å². The molecule has 1 saturated heterocycles. The zero-order chi connectivity index (χ0) is 30.7. The average Bonchev–Trinajstić information content (AvgIpc) is 3.80. The molecule has 3 aliphatic rings. The van der Waals surface area contributed by atoms with Crippen LogP contribution in [-0.4, -0.2) is 50.2 Å². The Kier molecular flexibility index (Phi) is 6.64. The van der Waals surface area contributed by atoms with Crippen molar-refractivity contribution in [1.82, 2.24) is 25.0 Å². The molecule has 2 unspecified atom stereocenters. The Morgan fingerprint density at radius 1 is 1.02 bits per heavy atom. The highest BCUT2D eigenvalue weighted by Crippen LogP contribution is 2.58. The molecule has 3 heterocycles. The molecule has 8 nitrogen and oxygen atoms in total. The van der Waals surface area contributed by atoms with Gasteiger partial charge in [-0.2, -0.15) is 23.5 Å². The number of nitriles is 1. The summed E-state index contributed by atoms with van der Waals surface area (Å²) in [6.07, 6.45) is 0.817. The number of alkyl halides is 4. The highest BCUT2D eigenvalue weighted by Gasteiger charge is 2.62. The van der Waals surface area contributed by atoms with Gasteiger partial charge in [-0.15, -0.1) is 0 Å². The monoisotopic (exact) mass is 602 g/mol. The van der Waals surface area contributed by atoms with E-state index >= 15 is 4.39 Å². The lowest BCUT2D eigenvalue weighted by molar-refractivity contribution is -0.137. The number of rotatable bonds is 5. The zero-order valence-corrected chi connectivity index (χ0v) is 23.2. The third-order valence-corrected chi connectivity index (χ3v) is 9.51. The summed E-state index contributed by atoms with van der Waals surface area (Å²) >= 11 is 0. The van der Waals surface area contributed by atoms with Gasteiger partial charge in [0.15, 0.2) is 0 Å². The molecule has 1 N–H and O–H groups in total. The fraction of sp³-hybridized carbons (Fsp3) is 0.344. The number of carbonyl (C=O) groups is 2. The van der Waals surface area contributed by atoms with Crippen molar-refractivity contribution in [2.75, 3.05) is 6.54 Å². The fourth-order valence-corrected chi connectivity index (χ4v) is 7.67. The average molecular weight is 603 g/mol. The quantitative estimate of drug-likeness (QED) is 0.314. The molecule has 0 spiro atoms. The van der Waals surface area contributed by atoms with Gasteiger partial charge >= 0.3 is 6.18 Å². The number of para-hydroxylation sites is 1. The third kappa shape index (κ3) is 4.49. The van der Waals surface area contributed by atoms with Gasteiger partial charge in [-0.05, 0) is 54.0 Å². The van der Waals surface area contributed by atoms with Gasteiger partial charge < -0.3 is 10.2 Å². The molecule has 2 aromatic carbocycles. The van der Waals surface area contributed by atoms with Gasteiger partial charge in [0.1, 0.15) is 18.3 Å². The van der Waals surface area contributed by atoms with E-state index in [0.29, 0.717) is 18.4 Å². The van der Waals surface area contributed by atoms with Crippen LogP contribution in [0.25, 0.3) is 16.5 Å². The Morgan fingerprint density at radius 2 is 1.80 bits per heavy atom. The Morgan fingerprint density at radius 3 is 2.59 bits per heavy atom. The van der Waals surface area contributed by atoms with Gasteiger partial charge in [-0.1, -0.05) is 36.4 Å². The summed E-state index contributed by atoms with van der Waals surface area (Å²) in [5.41, 5.74) is -0.664. The molecule has 12 heteroatoms. The fourth-order valence-electron chi connectivity index (χ4n) is 7.67. The largest absolute Gasteiger partial charge is 0.418 e. The van der Waals surface area contributed by atoms with Gasteiger partial charge in [0.2, 0.25) is 5.91 Å². The van der Waals surface area contributed by atoms with Crippen molar-refractivity contribution in [3.8, 4) is 11.8 Å². The smallest absolute Gasteiger partial charge is 0.335 e. The van der Waals surface area contributed by atoms with Crippen LogP contribution < -0.4 is 5.32 Å². The van der Waals surface area contributed by atoms with Crippen LogP contribution in [-0.2, 0) is 11.0 Å². The van der Waals surface area contributed by atoms with E-state index in [1.165, 1.54) is 41.7 Å². The zero-order valence-electron chi connectivity index (χ0n) is 23.2. The van der Waals surface area contributed by atoms with E-state index in [0.717, 1.165) is 21.5 Å². The predicted octanol–water partition coefficient (Wildman–Crippen LogP) is 5.26. The van der Waals surface area contributed by atoms with E-state index in [4.69, 9.17) is 0 Å². The van der Waals surface area contributed by atoms with Crippen LogP contribution >= 0.6 is 0 Å². The van der Waals surface area contributed by atoms with Crippen molar-refractivity contribution >= 4 is 22.6 Å². The van der Waals surface area contributed by atoms with E-state index in [1.807, 2.05) is 24.3 Å². The number of pyridine rings is 1. The number of carbonyl (C=O) groups excluding carboxylic acids is 2. The molecule has 7 rings (SSSR count). The number of aromatic nitrogens is 3. The lowest BCUT2D eigenvalue weighted by Gasteiger charge is -2.32. The van der Waals surface area contributed by atoms with Gasteiger partial charge in [-0.3, -0.25) is 14.6 Å². The van der Waals surface area contributed by atoms with Crippen molar-refractivity contribution < 1.29 is 27.2 Å².